The number of nitrogens with zero attached hydrogens (tertiary/aromatic N) is 2. The first-order valence-electron chi connectivity index (χ1n) is 10.0. The van der Waals surface area contributed by atoms with Crippen molar-refractivity contribution in [3.8, 4) is 0 Å². The Hall–Kier alpha value is -2.13. The highest BCUT2D eigenvalue weighted by atomic mass is 19.4. The molecule has 2 fully saturated rings. The number of ketones is 1. The number of fused-ring (bicyclic) bond motifs is 1. The lowest BCUT2D eigenvalue weighted by molar-refractivity contribution is -0.137. The van der Waals surface area contributed by atoms with Gasteiger partial charge in [-0.2, -0.15) is 18.3 Å². The van der Waals surface area contributed by atoms with Crippen molar-refractivity contribution in [3.63, 3.8) is 0 Å². The summed E-state index contributed by atoms with van der Waals surface area (Å²) in [4.78, 5) is 14.9. The summed E-state index contributed by atoms with van der Waals surface area (Å²) in [7, 11) is 0. The fourth-order valence-electron chi connectivity index (χ4n) is 4.31. The average Bonchev–Trinajstić information content (AvgIpc) is 3.33. The largest absolute Gasteiger partial charge is 0.416 e. The van der Waals surface area contributed by atoms with E-state index in [9.17, 15) is 18.0 Å². The molecule has 2 N–H and O–H groups in total. The number of halogens is 3. The van der Waals surface area contributed by atoms with E-state index in [0.29, 0.717) is 29.3 Å². The molecule has 9 heteroatoms. The monoisotopic (exact) mass is 410 g/mol. The second-order valence-corrected chi connectivity index (χ2v) is 7.92. The molecular formula is C20H25F3N4O2. The molecule has 2 aromatic rings. The first-order chi connectivity index (χ1) is 13.9. The summed E-state index contributed by atoms with van der Waals surface area (Å²) in [6.07, 6.45) is -0.841. The molecule has 158 valence electrons. The van der Waals surface area contributed by atoms with Gasteiger partial charge in [-0.1, -0.05) is 0 Å². The van der Waals surface area contributed by atoms with Crippen molar-refractivity contribution in [2.75, 3.05) is 38.2 Å². The summed E-state index contributed by atoms with van der Waals surface area (Å²) in [5.74, 6) is 0.654. The van der Waals surface area contributed by atoms with Crippen LogP contribution in [0.3, 0.4) is 0 Å². The minimum Gasteiger partial charge on any atom is -0.381 e. The van der Waals surface area contributed by atoms with Gasteiger partial charge in [-0.15, -0.1) is 0 Å². The molecule has 1 atom stereocenters. The number of likely N-dealkylation sites (tertiary alicyclic amines) is 1. The third kappa shape index (κ3) is 4.72. The van der Waals surface area contributed by atoms with E-state index < -0.39 is 11.7 Å². The van der Waals surface area contributed by atoms with Gasteiger partial charge < -0.3 is 10.1 Å². The normalized spacial score (nSPS) is 21.7. The van der Waals surface area contributed by atoms with Crippen molar-refractivity contribution < 1.29 is 22.7 Å². The van der Waals surface area contributed by atoms with Gasteiger partial charge >= 0.3 is 6.18 Å². The summed E-state index contributed by atoms with van der Waals surface area (Å²) in [5.41, 5.74) is -0.240. The van der Waals surface area contributed by atoms with Gasteiger partial charge in [0.15, 0.2) is 11.6 Å². The Balaban J connectivity index is 1.31. The maximum Gasteiger partial charge on any atom is 0.416 e. The van der Waals surface area contributed by atoms with E-state index in [4.69, 9.17) is 4.74 Å². The number of aromatic amines is 1. The van der Waals surface area contributed by atoms with Gasteiger partial charge in [-0.3, -0.25) is 14.8 Å². The summed E-state index contributed by atoms with van der Waals surface area (Å²) < 4.78 is 44.3. The van der Waals surface area contributed by atoms with Crippen LogP contribution in [0.5, 0.6) is 0 Å². The Kier molecular flexibility index (Phi) is 5.78. The molecule has 0 bridgehead atoms. The van der Waals surface area contributed by atoms with Gasteiger partial charge in [0.1, 0.15) is 0 Å². The summed E-state index contributed by atoms with van der Waals surface area (Å²) in [6.45, 7) is 3.62. The Labute approximate surface area is 166 Å². The van der Waals surface area contributed by atoms with Crippen molar-refractivity contribution in [1.29, 1.82) is 0 Å². The summed E-state index contributed by atoms with van der Waals surface area (Å²) >= 11 is 0. The fraction of sp³-hybridized carbons (Fsp3) is 0.600. The van der Waals surface area contributed by atoms with Gasteiger partial charge in [-0.25, -0.2) is 0 Å². The number of H-pyrrole nitrogens is 1. The number of aromatic nitrogens is 2. The number of hydrogen-bond donors (Lipinski definition) is 2. The molecule has 2 aliphatic rings. The first kappa shape index (κ1) is 20.2. The van der Waals surface area contributed by atoms with E-state index in [1.807, 2.05) is 0 Å². The van der Waals surface area contributed by atoms with Crippen LogP contribution in [0.1, 0.15) is 31.2 Å². The van der Waals surface area contributed by atoms with Crippen LogP contribution in [-0.2, 0) is 15.7 Å². The Morgan fingerprint density at radius 3 is 2.83 bits per heavy atom. The van der Waals surface area contributed by atoms with Crippen LogP contribution < -0.4 is 5.32 Å². The molecule has 6 nitrogen and oxygen atoms in total. The van der Waals surface area contributed by atoms with Crippen molar-refractivity contribution in [2.45, 2.75) is 37.9 Å². The van der Waals surface area contributed by atoms with Gasteiger partial charge in [0.05, 0.1) is 17.6 Å². The molecule has 0 unspecified atom stereocenters. The topological polar surface area (TPSA) is 70.2 Å². The second kappa shape index (κ2) is 8.31. The molecule has 0 amide bonds. The van der Waals surface area contributed by atoms with E-state index in [2.05, 4.69) is 20.4 Å². The maximum absolute atomic E-state index is 12.9. The Morgan fingerprint density at radius 1 is 1.28 bits per heavy atom. The average molecular weight is 410 g/mol. The summed E-state index contributed by atoms with van der Waals surface area (Å²) in [6, 6.07) is 3.97. The van der Waals surface area contributed by atoms with Crippen molar-refractivity contribution in [2.24, 2.45) is 5.92 Å². The number of carbonyl (C=O) groups excluding carboxylic acids is 1. The van der Waals surface area contributed by atoms with Crippen LogP contribution in [0.15, 0.2) is 18.2 Å². The zero-order chi connectivity index (χ0) is 20.4. The van der Waals surface area contributed by atoms with E-state index >= 15 is 0 Å². The number of Topliss-reactive ketones (excluding diaryl/α,β-unsaturated/α-hetero) is 1. The van der Waals surface area contributed by atoms with Crippen molar-refractivity contribution >= 4 is 22.5 Å². The predicted octanol–water partition coefficient (Wildman–Crippen LogP) is 3.45. The molecule has 3 heterocycles. The number of hydrogen-bond acceptors (Lipinski definition) is 5. The van der Waals surface area contributed by atoms with Crippen LogP contribution in [0.4, 0.5) is 19.0 Å². The Morgan fingerprint density at radius 2 is 2.07 bits per heavy atom. The smallest absolute Gasteiger partial charge is 0.381 e. The van der Waals surface area contributed by atoms with E-state index in [-0.39, 0.29) is 18.1 Å². The van der Waals surface area contributed by atoms with Gasteiger partial charge in [0, 0.05) is 37.6 Å². The molecule has 0 aliphatic carbocycles. The lowest BCUT2D eigenvalue weighted by atomic mass is 10.0. The summed E-state index contributed by atoms with van der Waals surface area (Å²) in [5, 5.41) is 9.96. The first-order valence-corrected chi connectivity index (χ1v) is 10.0. The SMILES string of the molecule is O=C(CNc1n[nH]c2ccc(C(F)(F)F)cc12)C[C@@H]1CCN(C2CCOCC2)C1. The molecule has 0 radical (unpaired) electrons. The van der Waals surface area contributed by atoms with E-state index in [1.54, 1.807) is 0 Å². The van der Waals surface area contributed by atoms with Gasteiger partial charge in [-0.05, 0) is 49.9 Å². The number of benzene rings is 1. The predicted molar refractivity (Wildman–Crippen MR) is 103 cm³/mol. The molecular weight excluding hydrogens is 385 g/mol. The number of nitrogens with one attached hydrogen (secondary N) is 2. The molecule has 1 aromatic carbocycles. The molecule has 2 aliphatic heterocycles. The van der Waals surface area contributed by atoms with Crippen LogP contribution in [0.25, 0.3) is 10.9 Å². The zero-order valence-electron chi connectivity index (χ0n) is 16.1. The number of anilines is 1. The van der Waals surface area contributed by atoms with Crippen LogP contribution in [0, 0.1) is 5.92 Å². The highest BCUT2D eigenvalue weighted by Gasteiger charge is 2.32. The zero-order valence-corrected chi connectivity index (χ0v) is 16.1. The molecule has 0 saturated carbocycles. The standard InChI is InChI=1S/C20H25F3N4O2/c21-20(22,23)14-1-2-18-17(10-14)19(26-25-18)24-11-16(28)9-13-3-6-27(12-13)15-4-7-29-8-5-15/h1-2,10,13,15H,3-9,11-12H2,(H2,24,25,26)/t13-/m0/s1. The van der Waals surface area contributed by atoms with E-state index in [0.717, 1.165) is 57.7 Å². The highest BCUT2D eigenvalue weighted by Crippen LogP contribution is 2.33. The highest BCUT2D eigenvalue weighted by molar-refractivity contribution is 5.92. The lowest BCUT2D eigenvalue weighted by Crippen LogP contribution is -2.38. The van der Waals surface area contributed by atoms with Crippen molar-refractivity contribution in [1.82, 2.24) is 15.1 Å². The van der Waals surface area contributed by atoms with Crippen LogP contribution >= 0.6 is 0 Å². The molecule has 1 aromatic heterocycles. The number of alkyl halides is 3. The third-order valence-corrected chi connectivity index (χ3v) is 5.88. The number of rotatable bonds is 6. The molecule has 4 rings (SSSR count). The molecule has 2 saturated heterocycles. The molecule has 0 spiro atoms. The van der Waals surface area contributed by atoms with Crippen LogP contribution in [-0.4, -0.2) is 59.8 Å². The fourth-order valence-corrected chi connectivity index (χ4v) is 4.31. The second-order valence-electron chi connectivity index (χ2n) is 7.92. The minimum absolute atomic E-state index is 0.0481. The molecule has 29 heavy (non-hydrogen) atoms. The Bertz CT molecular complexity index is 861. The van der Waals surface area contributed by atoms with Gasteiger partial charge in [0.25, 0.3) is 0 Å². The third-order valence-electron chi connectivity index (χ3n) is 5.88. The van der Waals surface area contributed by atoms with Gasteiger partial charge in [0.2, 0.25) is 0 Å². The van der Waals surface area contributed by atoms with Crippen LogP contribution in [0.2, 0.25) is 0 Å². The van der Waals surface area contributed by atoms with E-state index in [1.165, 1.54) is 6.07 Å². The number of carbonyl (C=O) groups is 1. The maximum atomic E-state index is 12.9. The quantitative estimate of drug-likeness (QED) is 0.763. The number of ether oxygens (including phenoxy) is 1. The minimum atomic E-state index is -4.42. The van der Waals surface area contributed by atoms with Crippen molar-refractivity contribution in [3.05, 3.63) is 23.8 Å². The lowest BCUT2D eigenvalue weighted by Gasteiger charge is -2.31.